The lowest BCUT2D eigenvalue weighted by atomic mass is 9.83. The molecular formula is C40H78O6. The van der Waals surface area contributed by atoms with Gasteiger partial charge in [-0.1, -0.05) is 162 Å². The van der Waals surface area contributed by atoms with E-state index in [0.717, 1.165) is 103 Å². The van der Waals surface area contributed by atoms with Crippen LogP contribution in [0.15, 0.2) is 0 Å². The van der Waals surface area contributed by atoms with Crippen molar-refractivity contribution in [2.75, 3.05) is 0 Å². The second-order valence-electron chi connectivity index (χ2n) is 14.6. The number of aliphatic hydroxyl groups excluding tert-OH is 2. The second-order valence-corrected chi connectivity index (χ2v) is 14.6. The van der Waals surface area contributed by atoms with Gasteiger partial charge in [-0.25, -0.2) is 0 Å². The number of hydrogen-bond acceptors (Lipinski definition) is 4. The van der Waals surface area contributed by atoms with Crippen molar-refractivity contribution in [3.63, 3.8) is 0 Å². The van der Waals surface area contributed by atoms with Gasteiger partial charge in [-0.3, -0.25) is 9.59 Å². The molecule has 0 aliphatic rings. The third kappa shape index (κ3) is 27.9. The maximum absolute atomic E-state index is 12.0. The van der Waals surface area contributed by atoms with Crippen molar-refractivity contribution in [3.05, 3.63) is 0 Å². The maximum Gasteiger partial charge on any atom is 0.306 e. The molecule has 0 aliphatic heterocycles. The standard InChI is InChI=1S/C40H78O6/c1-4-6-8-21-27-36(41)29-23-17-13-10-12-16-20-26-35(39(43)44)33-32-34(3)38(40(45)46)31-25-19-15-11-14-18-24-30-37(42)28-22-9-7-5-2/h34-38,41-42H,4-33H2,1-3H3,(H,43,44)(H,45,46). The zero-order valence-corrected chi connectivity index (χ0v) is 30.7. The summed E-state index contributed by atoms with van der Waals surface area (Å²) in [5.74, 6) is -2.26. The summed E-state index contributed by atoms with van der Waals surface area (Å²) >= 11 is 0. The quantitative estimate of drug-likeness (QED) is 0.0500. The Morgan fingerprint density at radius 2 is 0.739 bits per heavy atom. The van der Waals surface area contributed by atoms with Crippen LogP contribution in [0.3, 0.4) is 0 Å². The summed E-state index contributed by atoms with van der Waals surface area (Å²) in [6, 6.07) is 0. The van der Waals surface area contributed by atoms with Crippen LogP contribution in [-0.2, 0) is 9.59 Å². The van der Waals surface area contributed by atoms with Crippen LogP contribution in [0, 0.1) is 17.8 Å². The zero-order valence-electron chi connectivity index (χ0n) is 30.7. The zero-order chi connectivity index (χ0) is 34.3. The van der Waals surface area contributed by atoms with Crippen LogP contribution >= 0.6 is 0 Å². The molecule has 5 atom stereocenters. The van der Waals surface area contributed by atoms with Crippen LogP contribution < -0.4 is 0 Å². The van der Waals surface area contributed by atoms with Crippen molar-refractivity contribution in [1.29, 1.82) is 0 Å². The van der Waals surface area contributed by atoms with Crippen molar-refractivity contribution in [2.45, 2.75) is 226 Å². The average molecular weight is 655 g/mol. The minimum Gasteiger partial charge on any atom is -0.481 e. The molecule has 274 valence electrons. The van der Waals surface area contributed by atoms with E-state index in [-0.39, 0.29) is 24.0 Å². The van der Waals surface area contributed by atoms with Gasteiger partial charge in [0.15, 0.2) is 0 Å². The molecule has 4 N–H and O–H groups in total. The van der Waals surface area contributed by atoms with Crippen molar-refractivity contribution in [3.8, 4) is 0 Å². The molecule has 0 bridgehead atoms. The molecule has 0 rings (SSSR count). The number of carboxylic acids is 2. The molecule has 6 heteroatoms. The van der Waals surface area contributed by atoms with Crippen molar-refractivity contribution < 1.29 is 30.0 Å². The number of unbranched alkanes of at least 4 members (excludes halogenated alkanes) is 18. The molecule has 0 heterocycles. The summed E-state index contributed by atoms with van der Waals surface area (Å²) in [6.07, 6.45) is 31.2. The lowest BCUT2D eigenvalue weighted by molar-refractivity contribution is -0.144. The first-order valence-corrected chi connectivity index (χ1v) is 20.0. The molecule has 0 aromatic rings. The minimum atomic E-state index is -0.742. The largest absolute Gasteiger partial charge is 0.481 e. The predicted molar refractivity (Wildman–Crippen MR) is 193 cm³/mol. The van der Waals surface area contributed by atoms with Crippen LogP contribution in [0.5, 0.6) is 0 Å². The highest BCUT2D eigenvalue weighted by molar-refractivity contribution is 5.70. The van der Waals surface area contributed by atoms with E-state index in [1.54, 1.807) is 0 Å². The molecular weight excluding hydrogens is 576 g/mol. The van der Waals surface area contributed by atoms with Gasteiger partial charge >= 0.3 is 11.9 Å². The minimum absolute atomic E-state index is 0.0115. The summed E-state index contributed by atoms with van der Waals surface area (Å²) in [5.41, 5.74) is 0. The first kappa shape index (κ1) is 44.9. The maximum atomic E-state index is 12.0. The summed E-state index contributed by atoms with van der Waals surface area (Å²) < 4.78 is 0. The van der Waals surface area contributed by atoms with Crippen molar-refractivity contribution >= 4 is 11.9 Å². The molecule has 5 unspecified atom stereocenters. The highest BCUT2D eigenvalue weighted by atomic mass is 16.4. The Bertz CT molecular complexity index is 683. The van der Waals surface area contributed by atoms with Gasteiger partial charge in [-0.15, -0.1) is 0 Å². The Balaban J connectivity index is 3.97. The monoisotopic (exact) mass is 655 g/mol. The summed E-state index contributed by atoms with van der Waals surface area (Å²) in [5, 5.41) is 39.8. The number of aliphatic carboxylic acids is 2. The smallest absolute Gasteiger partial charge is 0.306 e. The van der Waals surface area contributed by atoms with E-state index in [9.17, 15) is 30.0 Å². The van der Waals surface area contributed by atoms with E-state index in [1.807, 2.05) is 6.92 Å². The van der Waals surface area contributed by atoms with E-state index in [0.29, 0.717) is 25.7 Å². The summed E-state index contributed by atoms with van der Waals surface area (Å²) in [7, 11) is 0. The molecule has 0 aliphatic carbocycles. The summed E-state index contributed by atoms with van der Waals surface area (Å²) in [4.78, 5) is 23.9. The van der Waals surface area contributed by atoms with Gasteiger partial charge in [-0.05, 0) is 57.3 Å². The number of rotatable bonds is 36. The molecule has 0 spiro atoms. The van der Waals surface area contributed by atoms with E-state index in [4.69, 9.17) is 0 Å². The average Bonchev–Trinajstić information content (AvgIpc) is 3.02. The molecule has 6 nitrogen and oxygen atoms in total. The Kier molecular flexibility index (Phi) is 31.6. The van der Waals surface area contributed by atoms with Gasteiger partial charge in [-0.2, -0.15) is 0 Å². The van der Waals surface area contributed by atoms with E-state index in [1.165, 1.54) is 64.2 Å². The second kappa shape index (κ2) is 32.4. The van der Waals surface area contributed by atoms with Crippen LogP contribution in [0.25, 0.3) is 0 Å². The lowest BCUT2D eigenvalue weighted by Crippen LogP contribution is -2.23. The molecule has 0 aromatic carbocycles. The number of aliphatic hydroxyl groups is 2. The summed E-state index contributed by atoms with van der Waals surface area (Å²) in [6.45, 7) is 6.40. The van der Waals surface area contributed by atoms with Gasteiger partial charge in [0, 0.05) is 0 Å². The van der Waals surface area contributed by atoms with Crippen molar-refractivity contribution in [2.24, 2.45) is 17.8 Å². The Hall–Kier alpha value is -1.14. The van der Waals surface area contributed by atoms with Gasteiger partial charge < -0.3 is 20.4 Å². The van der Waals surface area contributed by atoms with Crippen LogP contribution in [0.4, 0.5) is 0 Å². The molecule has 46 heavy (non-hydrogen) atoms. The van der Waals surface area contributed by atoms with E-state index in [2.05, 4.69) is 13.8 Å². The fourth-order valence-electron chi connectivity index (χ4n) is 6.89. The third-order valence-corrected chi connectivity index (χ3v) is 10.2. The van der Waals surface area contributed by atoms with Gasteiger partial charge in [0.1, 0.15) is 0 Å². The van der Waals surface area contributed by atoms with Crippen LogP contribution in [0.2, 0.25) is 0 Å². The van der Waals surface area contributed by atoms with Crippen molar-refractivity contribution in [1.82, 2.24) is 0 Å². The highest BCUT2D eigenvalue weighted by Gasteiger charge is 2.26. The van der Waals surface area contributed by atoms with Crippen LogP contribution in [0.1, 0.15) is 213 Å². The molecule has 0 saturated carbocycles. The Morgan fingerprint density at radius 3 is 1.09 bits per heavy atom. The molecule has 0 fully saturated rings. The number of hydrogen-bond donors (Lipinski definition) is 4. The molecule has 0 aromatic heterocycles. The Morgan fingerprint density at radius 1 is 0.413 bits per heavy atom. The predicted octanol–water partition coefficient (Wildman–Crippen LogP) is 11.5. The normalized spacial score (nSPS) is 15.0. The molecule has 0 radical (unpaired) electrons. The lowest BCUT2D eigenvalue weighted by Gasteiger charge is -2.22. The topological polar surface area (TPSA) is 115 Å². The van der Waals surface area contributed by atoms with Gasteiger partial charge in [0.2, 0.25) is 0 Å². The number of carbonyl (C=O) groups is 2. The van der Waals surface area contributed by atoms with E-state index >= 15 is 0 Å². The van der Waals surface area contributed by atoms with Gasteiger partial charge in [0.05, 0.1) is 24.0 Å². The fourth-order valence-corrected chi connectivity index (χ4v) is 6.89. The third-order valence-electron chi connectivity index (χ3n) is 10.2. The molecule has 0 saturated heterocycles. The molecule has 0 amide bonds. The Labute approximate surface area is 284 Å². The van der Waals surface area contributed by atoms with Gasteiger partial charge in [0.25, 0.3) is 0 Å². The first-order valence-electron chi connectivity index (χ1n) is 20.0. The van der Waals surface area contributed by atoms with E-state index < -0.39 is 17.9 Å². The fraction of sp³-hybridized carbons (Fsp3) is 0.950. The number of carboxylic acid groups (broad SMARTS) is 2. The van der Waals surface area contributed by atoms with Crippen LogP contribution in [-0.4, -0.2) is 44.6 Å². The first-order chi connectivity index (χ1) is 22.2. The highest BCUT2D eigenvalue weighted by Crippen LogP contribution is 2.28. The SMILES string of the molecule is CCCCCCC(O)CCCCCCCCCC(CCC(C)C(CCCCCCCCCC(O)CCCCCC)C(=O)O)C(=O)O.